The summed E-state index contributed by atoms with van der Waals surface area (Å²) >= 11 is 1.66. The molecule has 1 unspecified atom stereocenters. The number of aromatic hydroxyl groups is 3. The predicted octanol–water partition coefficient (Wildman–Crippen LogP) is 3.99. The maximum Gasteiger partial charge on any atom is 0.129 e. The van der Waals surface area contributed by atoms with Gasteiger partial charge in [0, 0.05) is 28.0 Å². The largest absolute Gasteiger partial charge is 0.507 e. The van der Waals surface area contributed by atoms with Gasteiger partial charge in [0.15, 0.2) is 0 Å². The number of phenols is 3. The van der Waals surface area contributed by atoms with Gasteiger partial charge in [-0.25, -0.2) is 0 Å². The Balaban J connectivity index is 2.47. The molecule has 0 aromatic heterocycles. The maximum atomic E-state index is 10.2. The van der Waals surface area contributed by atoms with Crippen LogP contribution in [-0.4, -0.2) is 21.6 Å². The standard InChI is InChI=1S/C16H18O3S/c1-9(11-4-6-12(20-3)7-5-11)15-14(18)8-13(17)10(2)16(15)19/h4-9,17-19H,1-3H3. The SMILES string of the molecule is CSc1ccc(C(C)c2c(O)cc(O)c(C)c2O)cc1. The van der Waals surface area contributed by atoms with Crippen LogP contribution in [0.5, 0.6) is 17.2 Å². The molecule has 4 heteroatoms. The molecule has 3 N–H and O–H groups in total. The molecule has 106 valence electrons. The van der Waals surface area contributed by atoms with Crippen molar-refractivity contribution >= 4 is 11.8 Å². The first-order valence-corrected chi connectivity index (χ1v) is 7.56. The molecule has 0 aliphatic carbocycles. The average Bonchev–Trinajstić information content (AvgIpc) is 2.45. The van der Waals surface area contributed by atoms with Crippen molar-refractivity contribution in [2.24, 2.45) is 0 Å². The highest BCUT2D eigenvalue weighted by Gasteiger charge is 2.20. The molecule has 0 aliphatic heterocycles. The van der Waals surface area contributed by atoms with Crippen molar-refractivity contribution in [1.29, 1.82) is 0 Å². The van der Waals surface area contributed by atoms with Gasteiger partial charge in [0.1, 0.15) is 17.2 Å². The Morgan fingerprint density at radius 1 is 1.00 bits per heavy atom. The molecule has 2 rings (SSSR count). The molecular weight excluding hydrogens is 272 g/mol. The minimum Gasteiger partial charge on any atom is -0.507 e. The van der Waals surface area contributed by atoms with E-state index in [0.29, 0.717) is 11.1 Å². The van der Waals surface area contributed by atoms with E-state index in [1.165, 1.54) is 6.07 Å². The number of thioether (sulfide) groups is 1. The van der Waals surface area contributed by atoms with Crippen molar-refractivity contribution in [3.8, 4) is 17.2 Å². The van der Waals surface area contributed by atoms with Crippen LogP contribution >= 0.6 is 11.8 Å². The molecule has 20 heavy (non-hydrogen) atoms. The lowest BCUT2D eigenvalue weighted by Gasteiger charge is -2.18. The van der Waals surface area contributed by atoms with Crippen molar-refractivity contribution in [2.45, 2.75) is 24.7 Å². The summed E-state index contributed by atoms with van der Waals surface area (Å²) in [5.41, 5.74) is 1.82. The van der Waals surface area contributed by atoms with Gasteiger partial charge in [-0.1, -0.05) is 19.1 Å². The molecule has 0 saturated heterocycles. The third kappa shape index (κ3) is 2.56. The van der Waals surface area contributed by atoms with Gasteiger partial charge in [0.2, 0.25) is 0 Å². The van der Waals surface area contributed by atoms with Crippen LogP contribution in [0.15, 0.2) is 35.2 Å². The third-order valence-corrected chi connectivity index (χ3v) is 4.34. The van der Waals surface area contributed by atoms with Crippen LogP contribution in [0.25, 0.3) is 0 Å². The van der Waals surface area contributed by atoms with Crippen LogP contribution in [0, 0.1) is 6.92 Å². The summed E-state index contributed by atoms with van der Waals surface area (Å²) in [6.45, 7) is 3.54. The van der Waals surface area contributed by atoms with Gasteiger partial charge < -0.3 is 15.3 Å². The molecule has 0 radical (unpaired) electrons. The van der Waals surface area contributed by atoms with Gasteiger partial charge >= 0.3 is 0 Å². The fourth-order valence-corrected chi connectivity index (χ4v) is 2.65. The van der Waals surface area contributed by atoms with Gasteiger partial charge in [0.05, 0.1) is 0 Å². The fraction of sp³-hybridized carbons (Fsp3) is 0.250. The first kappa shape index (κ1) is 14.6. The Kier molecular flexibility index (Phi) is 4.14. The number of benzene rings is 2. The number of hydrogen-bond acceptors (Lipinski definition) is 4. The Hall–Kier alpha value is -1.81. The Labute approximate surface area is 122 Å². The Morgan fingerprint density at radius 3 is 2.15 bits per heavy atom. The fourth-order valence-electron chi connectivity index (χ4n) is 2.25. The molecular formula is C16H18O3S. The van der Waals surface area contributed by atoms with Crippen molar-refractivity contribution in [3.63, 3.8) is 0 Å². The molecule has 0 saturated carbocycles. The van der Waals surface area contributed by atoms with Gasteiger partial charge in [-0.15, -0.1) is 11.8 Å². The number of rotatable bonds is 3. The Morgan fingerprint density at radius 2 is 1.60 bits per heavy atom. The Bertz CT molecular complexity index is 621. The zero-order valence-electron chi connectivity index (χ0n) is 11.7. The molecule has 0 aliphatic rings. The van der Waals surface area contributed by atoms with Crippen molar-refractivity contribution in [3.05, 3.63) is 47.0 Å². The highest BCUT2D eigenvalue weighted by atomic mass is 32.2. The topological polar surface area (TPSA) is 60.7 Å². The van der Waals surface area contributed by atoms with Crippen LogP contribution < -0.4 is 0 Å². The molecule has 3 nitrogen and oxygen atoms in total. The van der Waals surface area contributed by atoms with E-state index < -0.39 is 0 Å². The summed E-state index contributed by atoms with van der Waals surface area (Å²) in [5.74, 6) is -0.408. The van der Waals surface area contributed by atoms with Crippen LogP contribution in [-0.2, 0) is 0 Å². The number of phenolic OH excluding ortho intramolecular Hbond substituents is 3. The van der Waals surface area contributed by atoms with E-state index in [2.05, 4.69) is 0 Å². The summed E-state index contributed by atoms with van der Waals surface area (Å²) in [6, 6.07) is 9.27. The summed E-state index contributed by atoms with van der Waals surface area (Å²) in [7, 11) is 0. The zero-order valence-corrected chi connectivity index (χ0v) is 12.5. The summed E-state index contributed by atoms with van der Waals surface area (Å²) in [4.78, 5) is 1.16. The second-order valence-corrected chi connectivity index (χ2v) is 5.68. The van der Waals surface area contributed by atoms with E-state index in [1.54, 1.807) is 18.7 Å². The lowest BCUT2D eigenvalue weighted by Crippen LogP contribution is -1.98. The van der Waals surface area contributed by atoms with Crippen molar-refractivity contribution in [1.82, 2.24) is 0 Å². The van der Waals surface area contributed by atoms with E-state index in [-0.39, 0.29) is 23.2 Å². The van der Waals surface area contributed by atoms with E-state index in [9.17, 15) is 15.3 Å². The number of hydrogen-bond donors (Lipinski definition) is 3. The minimum atomic E-state index is -0.162. The molecule has 0 bridgehead atoms. The molecule has 0 heterocycles. The zero-order chi connectivity index (χ0) is 14.9. The van der Waals surface area contributed by atoms with E-state index in [4.69, 9.17) is 0 Å². The van der Waals surface area contributed by atoms with Crippen LogP contribution in [0.2, 0.25) is 0 Å². The molecule has 0 amide bonds. The average molecular weight is 290 g/mol. The highest BCUT2D eigenvalue weighted by Crippen LogP contribution is 2.43. The second kappa shape index (κ2) is 5.67. The first-order chi connectivity index (χ1) is 9.45. The normalized spacial score (nSPS) is 12.3. The molecule has 1 atom stereocenters. The van der Waals surface area contributed by atoms with Crippen molar-refractivity contribution in [2.75, 3.05) is 6.26 Å². The summed E-state index contributed by atoms with van der Waals surface area (Å²) < 4.78 is 0. The second-order valence-electron chi connectivity index (χ2n) is 4.80. The van der Waals surface area contributed by atoms with Gasteiger partial charge in [-0.2, -0.15) is 0 Å². The summed E-state index contributed by atoms with van der Waals surface area (Å²) in [5, 5.41) is 29.8. The summed E-state index contributed by atoms with van der Waals surface area (Å²) in [6.07, 6.45) is 2.01. The van der Waals surface area contributed by atoms with Gasteiger partial charge in [-0.05, 0) is 30.9 Å². The highest BCUT2D eigenvalue weighted by molar-refractivity contribution is 7.98. The van der Waals surface area contributed by atoms with E-state index in [1.807, 2.05) is 37.4 Å². The van der Waals surface area contributed by atoms with Gasteiger partial charge in [0.25, 0.3) is 0 Å². The smallest absolute Gasteiger partial charge is 0.129 e. The lowest BCUT2D eigenvalue weighted by molar-refractivity contribution is 0.412. The minimum absolute atomic E-state index is 0.0519. The monoisotopic (exact) mass is 290 g/mol. The third-order valence-electron chi connectivity index (χ3n) is 3.59. The molecule has 0 fully saturated rings. The quantitative estimate of drug-likeness (QED) is 0.748. The predicted molar refractivity (Wildman–Crippen MR) is 81.9 cm³/mol. The maximum absolute atomic E-state index is 10.2. The van der Waals surface area contributed by atoms with Crippen LogP contribution in [0.4, 0.5) is 0 Å². The van der Waals surface area contributed by atoms with Crippen LogP contribution in [0.1, 0.15) is 29.5 Å². The van der Waals surface area contributed by atoms with E-state index >= 15 is 0 Å². The molecule has 2 aromatic rings. The van der Waals surface area contributed by atoms with E-state index in [0.717, 1.165) is 10.5 Å². The van der Waals surface area contributed by atoms with Gasteiger partial charge in [-0.3, -0.25) is 0 Å². The molecule has 2 aromatic carbocycles. The lowest BCUT2D eigenvalue weighted by atomic mass is 9.90. The van der Waals surface area contributed by atoms with Crippen molar-refractivity contribution < 1.29 is 15.3 Å². The van der Waals surface area contributed by atoms with Crippen LogP contribution in [0.3, 0.4) is 0 Å². The first-order valence-electron chi connectivity index (χ1n) is 6.34. The molecule has 0 spiro atoms.